The van der Waals surface area contributed by atoms with Gasteiger partial charge in [0, 0.05) is 11.9 Å². The first-order valence-electron chi connectivity index (χ1n) is 9.05. The lowest BCUT2D eigenvalue weighted by Crippen LogP contribution is -2.07. The number of aromatic nitrogens is 4. The van der Waals surface area contributed by atoms with E-state index in [9.17, 15) is 21.6 Å². The first-order valence-corrected chi connectivity index (χ1v) is 11.7. The Morgan fingerprint density at radius 2 is 1.58 bits per heavy atom. The highest BCUT2D eigenvalue weighted by Crippen LogP contribution is 2.34. The van der Waals surface area contributed by atoms with E-state index < -0.39 is 26.7 Å². The molecule has 4 rings (SSSR count). The molecule has 0 bridgehead atoms. The summed E-state index contributed by atoms with van der Waals surface area (Å²) in [5.74, 6) is 0.126. The first kappa shape index (κ1) is 23.1. The van der Waals surface area contributed by atoms with Crippen molar-refractivity contribution < 1.29 is 21.6 Å². The molecule has 172 valence electrons. The van der Waals surface area contributed by atoms with Crippen LogP contribution in [0.3, 0.4) is 0 Å². The molecule has 33 heavy (non-hydrogen) atoms. The third kappa shape index (κ3) is 4.97. The van der Waals surface area contributed by atoms with Crippen molar-refractivity contribution in [2.75, 3.05) is 16.9 Å². The SMILES string of the molecule is CS(=O)(=O)c1nc(Nc2ccc(C(F)(F)F)cc2)c2[nH]c(Nc3c(Cl)cccc3Cl)nc2n1. The number of alkyl halides is 3. The molecular weight excluding hydrogens is 504 g/mol. The smallest absolute Gasteiger partial charge is 0.338 e. The van der Waals surface area contributed by atoms with E-state index in [0.717, 1.165) is 18.4 Å². The van der Waals surface area contributed by atoms with Crippen LogP contribution < -0.4 is 10.6 Å². The molecule has 2 heterocycles. The minimum Gasteiger partial charge on any atom is -0.338 e. The maximum Gasteiger partial charge on any atom is 0.416 e. The number of imidazole rings is 1. The van der Waals surface area contributed by atoms with Crippen LogP contribution in [0, 0.1) is 0 Å². The van der Waals surface area contributed by atoms with Crippen molar-refractivity contribution in [3.63, 3.8) is 0 Å². The number of hydrogen-bond donors (Lipinski definition) is 3. The predicted octanol–water partition coefficient (Wildman–Crippen LogP) is 5.57. The quantitative estimate of drug-likeness (QED) is 0.297. The number of anilines is 4. The molecule has 8 nitrogen and oxygen atoms in total. The van der Waals surface area contributed by atoms with Crippen LogP contribution in [0.1, 0.15) is 5.56 Å². The lowest BCUT2D eigenvalue weighted by atomic mass is 10.2. The van der Waals surface area contributed by atoms with Gasteiger partial charge in [-0.1, -0.05) is 29.3 Å². The Balaban J connectivity index is 1.77. The highest BCUT2D eigenvalue weighted by atomic mass is 35.5. The molecule has 0 fully saturated rings. The van der Waals surface area contributed by atoms with Gasteiger partial charge in [-0.05, 0) is 36.4 Å². The van der Waals surface area contributed by atoms with E-state index in [2.05, 4.69) is 30.6 Å². The van der Waals surface area contributed by atoms with Crippen molar-refractivity contribution in [3.05, 3.63) is 58.1 Å². The van der Waals surface area contributed by atoms with Crippen LogP contribution in [0.15, 0.2) is 47.6 Å². The van der Waals surface area contributed by atoms with Crippen LogP contribution >= 0.6 is 23.2 Å². The molecule has 0 aliphatic carbocycles. The number of aromatic amines is 1. The number of nitrogens with zero attached hydrogens (tertiary/aromatic N) is 3. The Morgan fingerprint density at radius 1 is 0.939 bits per heavy atom. The highest BCUT2D eigenvalue weighted by molar-refractivity contribution is 7.90. The molecule has 0 aliphatic heterocycles. The van der Waals surface area contributed by atoms with E-state index in [-0.39, 0.29) is 28.6 Å². The molecule has 0 unspecified atom stereocenters. The fourth-order valence-corrected chi connectivity index (χ4v) is 3.81. The summed E-state index contributed by atoms with van der Waals surface area (Å²) in [5.41, 5.74) is -0.0463. The van der Waals surface area contributed by atoms with Gasteiger partial charge in [0.15, 0.2) is 11.5 Å². The number of halogens is 5. The zero-order chi connectivity index (χ0) is 24.0. The number of H-pyrrole nitrogens is 1. The molecule has 2 aromatic carbocycles. The summed E-state index contributed by atoms with van der Waals surface area (Å²) in [7, 11) is -3.83. The summed E-state index contributed by atoms with van der Waals surface area (Å²) < 4.78 is 62.6. The Kier molecular flexibility index (Phi) is 5.85. The molecule has 0 spiro atoms. The van der Waals surface area contributed by atoms with Gasteiger partial charge < -0.3 is 15.6 Å². The van der Waals surface area contributed by atoms with Crippen molar-refractivity contribution in [3.8, 4) is 0 Å². The number of rotatable bonds is 5. The summed E-state index contributed by atoms with van der Waals surface area (Å²) in [6.45, 7) is 0. The van der Waals surface area contributed by atoms with Gasteiger partial charge in [-0.25, -0.2) is 8.42 Å². The van der Waals surface area contributed by atoms with Gasteiger partial charge in [0.05, 0.1) is 21.3 Å². The van der Waals surface area contributed by atoms with Gasteiger partial charge in [0.25, 0.3) is 5.16 Å². The maximum atomic E-state index is 12.8. The number of benzene rings is 2. The van der Waals surface area contributed by atoms with Gasteiger partial charge in [-0.15, -0.1) is 0 Å². The van der Waals surface area contributed by atoms with Crippen LogP contribution in [0.2, 0.25) is 10.0 Å². The minimum atomic E-state index is -4.49. The summed E-state index contributed by atoms with van der Waals surface area (Å²) in [6.07, 6.45) is -3.57. The molecule has 14 heteroatoms. The Morgan fingerprint density at radius 3 is 2.15 bits per heavy atom. The molecule has 4 aromatic rings. The Bertz CT molecular complexity index is 1440. The Labute approximate surface area is 195 Å². The average Bonchev–Trinajstić information content (AvgIpc) is 3.13. The van der Waals surface area contributed by atoms with E-state index in [4.69, 9.17) is 23.2 Å². The Hall–Kier alpha value is -3.09. The van der Waals surface area contributed by atoms with Crippen LogP contribution in [0.4, 0.5) is 36.3 Å². The molecule has 0 saturated carbocycles. The van der Waals surface area contributed by atoms with Crippen LogP contribution in [0.25, 0.3) is 11.2 Å². The largest absolute Gasteiger partial charge is 0.416 e. The minimum absolute atomic E-state index is 0.00834. The summed E-state index contributed by atoms with van der Waals surface area (Å²) in [5, 5.41) is 5.82. The van der Waals surface area contributed by atoms with Gasteiger partial charge in [-0.3, -0.25) is 0 Å². The normalized spacial score (nSPS) is 12.2. The summed E-state index contributed by atoms with van der Waals surface area (Å²) in [4.78, 5) is 15.1. The lowest BCUT2D eigenvalue weighted by molar-refractivity contribution is -0.137. The molecule has 0 atom stereocenters. The monoisotopic (exact) mass is 516 g/mol. The lowest BCUT2D eigenvalue weighted by Gasteiger charge is -2.10. The molecule has 2 aromatic heterocycles. The number of para-hydroxylation sites is 1. The second-order valence-electron chi connectivity index (χ2n) is 6.83. The second-order valence-corrected chi connectivity index (χ2v) is 9.56. The highest BCUT2D eigenvalue weighted by Gasteiger charge is 2.30. The van der Waals surface area contributed by atoms with Crippen LogP contribution in [-0.4, -0.2) is 34.6 Å². The average molecular weight is 517 g/mol. The topological polar surface area (TPSA) is 113 Å². The van der Waals surface area contributed by atoms with Crippen molar-refractivity contribution in [1.82, 2.24) is 19.9 Å². The zero-order valence-corrected chi connectivity index (χ0v) is 18.8. The fraction of sp³-hybridized carbons (Fsp3) is 0.105. The first-order chi connectivity index (χ1) is 15.4. The summed E-state index contributed by atoms with van der Waals surface area (Å²) in [6, 6.07) is 9.03. The second kappa shape index (κ2) is 8.36. The van der Waals surface area contributed by atoms with Crippen molar-refractivity contribution in [2.24, 2.45) is 0 Å². The number of sulfone groups is 1. The van der Waals surface area contributed by atoms with E-state index in [1.807, 2.05) is 0 Å². The third-order valence-electron chi connectivity index (χ3n) is 4.34. The van der Waals surface area contributed by atoms with E-state index in [0.29, 0.717) is 15.7 Å². The van der Waals surface area contributed by atoms with Gasteiger partial charge in [0.2, 0.25) is 15.8 Å². The van der Waals surface area contributed by atoms with Crippen molar-refractivity contribution in [2.45, 2.75) is 11.3 Å². The van der Waals surface area contributed by atoms with Crippen LogP contribution in [-0.2, 0) is 16.0 Å². The molecule has 3 N–H and O–H groups in total. The van der Waals surface area contributed by atoms with Gasteiger partial charge in [-0.2, -0.15) is 28.1 Å². The number of hydrogen-bond acceptors (Lipinski definition) is 7. The zero-order valence-electron chi connectivity index (χ0n) is 16.5. The number of fused-ring (bicyclic) bond motifs is 1. The van der Waals surface area contributed by atoms with Crippen molar-refractivity contribution in [1.29, 1.82) is 0 Å². The summed E-state index contributed by atoms with van der Waals surface area (Å²) >= 11 is 12.3. The van der Waals surface area contributed by atoms with E-state index in [1.54, 1.807) is 18.2 Å². The fourth-order valence-electron chi connectivity index (χ4n) is 2.81. The van der Waals surface area contributed by atoms with Gasteiger partial charge in [0.1, 0.15) is 5.52 Å². The maximum absolute atomic E-state index is 12.8. The van der Waals surface area contributed by atoms with Gasteiger partial charge >= 0.3 is 6.18 Å². The van der Waals surface area contributed by atoms with Crippen molar-refractivity contribution >= 4 is 67.3 Å². The third-order valence-corrected chi connectivity index (χ3v) is 5.82. The van der Waals surface area contributed by atoms with Crippen LogP contribution in [0.5, 0.6) is 0 Å². The molecule has 0 aliphatic rings. The molecule has 0 amide bonds. The number of nitrogens with one attached hydrogen (secondary N) is 3. The standard InChI is InChI=1S/C19H13Cl2F3N6O2S/c1-33(31,32)18-29-15(25-10-7-5-9(6-8-10)19(22,23)24)14-16(30-18)28-17(27-14)26-13-11(20)3-2-4-12(13)21/h2-8H,1H3,(H3,25,26,27,28,29,30). The molecular formula is C19H13Cl2F3N6O2S. The molecule has 0 radical (unpaired) electrons. The van der Waals surface area contributed by atoms with E-state index in [1.165, 1.54) is 12.1 Å². The molecule has 0 saturated heterocycles. The van der Waals surface area contributed by atoms with E-state index >= 15 is 0 Å². The predicted molar refractivity (Wildman–Crippen MR) is 119 cm³/mol.